The second-order valence-electron chi connectivity index (χ2n) is 6.64. The van der Waals surface area contributed by atoms with Crippen molar-refractivity contribution >= 4 is 11.6 Å². The largest absolute Gasteiger partial charge is 0.314 e. The number of fused-ring (bicyclic) bond motifs is 1. The Morgan fingerprint density at radius 3 is 2.67 bits per heavy atom. The Morgan fingerprint density at radius 1 is 1.29 bits per heavy atom. The van der Waals surface area contributed by atoms with E-state index in [-0.39, 0.29) is 10.8 Å². The summed E-state index contributed by atoms with van der Waals surface area (Å²) in [7, 11) is 0. The van der Waals surface area contributed by atoms with Gasteiger partial charge in [-0.05, 0) is 42.0 Å². The Bertz CT molecular complexity index is 522. The van der Waals surface area contributed by atoms with Gasteiger partial charge >= 0.3 is 0 Å². The van der Waals surface area contributed by atoms with Crippen molar-refractivity contribution in [1.82, 2.24) is 15.5 Å². The van der Waals surface area contributed by atoms with Crippen LogP contribution in [0.4, 0.5) is 4.39 Å². The van der Waals surface area contributed by atoms with Crippen LogP contribution in [-0.2, 0) is 6.54 Å². The second kappa shape index (κ2) is 5.51. The molecule has 1 aromatic carbocycles. The normalized spacial score (nSPS) is 32.0. The minimum atomic E-state index is -0.345. The fourth-order valence-electron chi connectivity index (χ4n) is 3.85. The zero-order valence-corrected chi connectivity index (χ0v) is 12.7. The molecule has 2 saturated heterocycles. The Kier molecular flexibility index (Phi) is 3.66. The molecule has 4 rings (SSSR count). The van der Waals surface area contributed by atoms with E-state index in [1.165, 1.54) is 32.2 Å². The zero-order chi connectivity index (χ0) is 14.4. The molecule has 2 aliphatic heterocycles. The number of nitrogens with one attached hydrogen (secondary N) is 2. The van der Waals surface area contributed by atoms with Gasteiger partial charge in [0.25, 0.3) is 0 Å². The third-order valence-electron chi connectivity index (χ3n) is 5.37. The summed E-state index contributed by atoms with van der Waals surface area (Å²) in [5.74, 6) is 2.29. The summed E-state index contributed by atoms with van der Waals surface area (Å²) >= 11 is 5.80. The molecule has 2 unspecified atom stereocenters. The second-order valence-corrected chi connectivity index (χ2v) is 7.04. The van der Waals surface area contributed by atoms with Crippen molar-refractivity contribution < 1.29 is 4.39 Å². The summed E-state index contributed by atoms with van der Waals surface area (Å²) in [6.45, 7) is 6.76. The SMILES string of the molecule is Fc1ccc(CNCC2C3CN(C4CNC4)CC23)cc1Cl. The van der Waals surface area contributed by atoms with Crippen LogP contribution in [0.3, 0.4) is 0 Å². The van der Waals surface area contributed by atoms with Crippen molar-refractivity contribution in [3.8, 4) is 0 Å². The molecule has 0 amide bonds. The lowest BCUT2D eigenvalue weighted by molar-refractivity contribution is 0.154. The lowest BCUT2D eigenvalue weighted by Crippen LogP contribution is -2.57. The van der Waals surface area contributed by atoms with Crippen LogP contribution in [0.5, 0.6) is 0 Å². The quantitative estimate of drug-likeness (QED) is 0.867. The molecule has 114 valence electrons. The standard InChI is InChI=1S/C16H21ClFN3/c17-15-3-10(1-2-16(15)18)4-19-7-12-13-8-21(9-14(12)13)11-5-20-6-11/h1-3,11-14,19-20H,4-9H2. The van der Waals surface area contributed by atoms with Gasteiger partial charge in [0.1, 0.15) is 5.82 Å². The first-order valence-corrected chi connectivity index (χ1v) is 8.19. The minimum Gasteiger partial charge on any atom is -0.314 e. The highest BCUT2D eigenvalue weighted by Gasteiger charge is 2.56. The minimum absolute atomic E-state index is 0.211. The van der Waals surface area contributed by atoms with Gasteiger partial charge in [0, 0.05) is 38.8 Å². The van der Waals surface area contributed by atoms with Crippen LogP contribution in [0, 0.1) is 23.6 Å². The summed E-state index contributed by atoms with van der Waals surface area (Å²) < 4.78 is 13.1. The molecular weight excluding hydrogens is 289 g/mol. The van der Waals surface area contributed by atoms with E-state index in [0.717, 1.165) is 42.4 Å². The maximum absolute atomic E-state index is 13.1. The molecule has 2 N–H and O–H groups in total. The van der Waals surface area contributed by atoms with Crippen LogP contribution in [0.2, 0.25) is 5.02 Å². The maximum Gasteiger partial charge on any atom is 0.141 e. The van der Waals surface area contributed by atoms with Crippen LogP contribution in [0.25, 0.3) is 0 Å². The first-order valence-electron chi connectivity index (χ1n) is 7.82. The average Bonchev–Trinajstić information content (AvgIpc) is 2.86. The van der Waals surface area contributed by atoms with E-state index >= 15 is 0 Å². The van der Waals surface area contributed by atoms with Gasteiger partial charge in [0.05, 0.1) is 5.02 Å². The van der Waals surface area contributed by atoms with Gasteiger partial charge in [-0.2, -0.15) is 0 Å². The first kappa shape index (κ1) is 13.9. The zero-order valence-electron chi connectivity index (χ0n) is 12.0. The molecule has 3 aliphatic rings. The summed E-state index contributed by atoms with van der Waals surface area (Å²) in [4.78, 5) is 2.65. The van der Waals surface area contributed by atoms with E-state index in [1.54, 1.807) is 12.1 Å². The van der Waals surface area contributed by atoms with Crippen molar-refractivity contribution in [2.45, 2.75) is 12.6 Å². The number of hydrogen-bond acceptors (Lipinski definition) is 3. The van der Waals surface area contributed by atoms with E-state index in [9.17, 15) is 4.39 Å². The van der Waals surface area contributed by atoms with Crippen molar-refractivity contribution in [2.24, 2.45) is 17.8 Å². The van der Waals surface area contributed by atoms with Crippen molar-refractivity contribution in [3.05, 3.63) is 34.6 Å². The maximum atomic E-state index is 13.1. The smallest absolute Gasteiger partial charge is 0.141 e. The van der Waals surface area contributed by atoms with E-state index in [1.807, 2.05) is 0 Å². The Hall–Kier alpha value is -0.680. The number of piperidine rings is 1. The predicted octanol–water partition coefficient (Wildman–Crippen LogP) is 1.72. The fourth-order valence-corrected chi connectivity index (χ4v) is 4.05. The molecule has 0 spiro atoms. The molecule has 3 nitrogen and oxygen atoms in total. The molecule has 1 aliphatic carbocycles. The van der Waals surface area contributed by atoms with Gasteiger partial charge in [0.2, 0.25) is 0 Å². The number of rotatable bonds is 5. The molecule has 1 aromatic rings. The van der Waals surface area contributed by atoms with Gasteiger partial charge in [-0.3, -0.25) is 4.90 Å². The molecule has 0 radical (unpaired) electrons. The fraction of sp³-hybridized carbons (Fsp3) is 0.625. The lowest BCUT2D eigenvalue weighted by Gasteiger charge is -2.36. The van der Waals surface area contributed by atoms with Crippen LogP contribution >= 0.6 is 11.6 Å². The molecule has 1 saturated carbocycles. The Morgan fingerprint density at radius 2 is 2.05 bits per heavy atom. The Labute approximate surface area is 129 Å². The lowest BCUT2D eigenvalue weighted by atomic mass is 10.1. The molecule has 0 aromatic heterocycles. The van der Waals surface area contributed by atoms with Crippen LogP contribution in [0.1, 0.15) is 5.56 Å². The van der Waals surface area contributed by atoms with Gasteiger partial charge in [-0.1, -0.05) is 17.7 Å². The van der Waals surface area contributed by atoms with Crippen LogP contribution in [0.15, 0.2) is 18.2 Å². The predicted molar refractivity (Wildman–Crippen MR) is 81.8 cm³/mol. The van der Waals surface area contributed by atoms with Gasteiger partial charge in [0.15, 0.2) is 0 Å². The summed E-state index contributed by atoms with van der Waals surface area (Å²) in [5.41, 5.74) is 1.05. The highest BCUT2D eigenvalue weighted by Crippen LogP contribution is 2.51. The third kappa shape index (κ3) is 2.70. The molecule has 2 heterocycles. The molecule has 5 heteroatoms. The monoisotopic (exact) mass is 309 g/mol. The van der Waals surface area contributed by atoms with E-state index in [4.69, 9.17) is 11.6 Å². The van der Waals surface area contributed by atoms with Gasteiger partial charge < -0.3 is 10.6 Å². The molecule has 3 fully saturated rings. The van der Waals surface area contributed by atoms with Gasteiger partial charge in [-0.25, -0.2) is 4.39 Å². The molecule has 2 atom stereocenters. The van der Waals surface area contributed by atoms with E-state index in [0.29, 0.717) is 0 Å². The highest BCUT2D eigenvalue weighted by molar-refractivity contribution is 6.30. The highest BCUT2D eigenvalue weighted by atomic mass is 35.5. The van der Waals surface area contributed by atoms with Crippen molar-refractivity contribution in [3.63, 3.8) is 0 Å². The average molecular weight is 310 g/mol. The Balaban J connectivity index is 1.20. The van der Waals surface area contributed by atoms with Crippen LogP contribution < -0.4 is 10.6 Å². The van der Waals surface area contributed by atoms with Crippen molar-refractivity contribution in [1.29, 1.82) is 0 Å². The number of hydrogen-bond donors (Lipinski definition) is 2. The first-order chi connectivity index (χ1) is 10.2. The number of nitrogens with zero attached hydrogens (tertiary/aromatic N) is 1. The third-order valence-corrected chi connectivity index (χ3v) is 5.66. The summed E-state index contributed by atoms with van der Waals surface area (Å²) in [6, 6.07) is 5.75. The number of likely N-dealkylation sites (tertiary alicyclic amines) is 1. The molecule has 0 bridgehead atoms. The molecule has 21 heavy (non-hydrogen) atoms. The van der Waals surface area contributed by atoms with Crippen LogP contribution in [-0.4, -0.2) is 43.7 Å². The van der Waals surface area contributed by atoms with E-state index < -0.39 is 0 Å². The molecular formula is C16H21ClFN3. The van der Waals surface area contributed by atoms with Crippen molar-refractivity contribution in [2.75, 3.05) is 32.7 Å². The topological polar surface area (TPSA) is 27.3 Å². The van der Waals surface area contributed by atoms with Gasteiger partial charge in [-0.15, -0.1) is 0 Å². The summed E-state index contributed by atoms with van der Waals surface area (Å²) in [6.07, 6.45) is 0. The summed E-state index contributed by atoms with van der Waals surface area (Å²) in [5, 5.41) is 7.06. The van der Waals surface area contributed by atoms with E-state index in [2.05, 4.69) is 15.5 Å². The number of halogens is 2. The number of benzene rings is 1.